The lowest BCUT2D eigenvalue weighted by atomic mass is 9.81. The molecule has 4 aliphatic rings. The van der Waals surface area contributed by atoms with Gasteiger partial charge in [0.05, 0.1) is 24.4 Å². The number of carbonyl (C=O) groups excluding carboxylic acids is 4. The third-order valence-corrected chi connectivity index (χ3v) is 15.4. The summed E-state index contributed by atoms with van der Waals surface area (Å²) in [5.41, 5.74) is 2.82. The lowest BCUT2D eigenvalue weighted by Crippen LogP contribution is -2.64. The maximum atomic E-state index is 14.6. The number of esters is 1. The molecule has 14 unspecified atom stereocenters. The van der Waals surface area contributed by atoms with Crippen molar-refractivity contribution in [1.82, 2.24) is 9.47 Å². The van der Waals surface area contributed by atoms with Crippen molar-refractivity contribution in [2.45, 2.75) is 187 Å². The van der Waals surface area contributed by atoms with Gasteiger partial charge in [-0.25, -0.2) is 4.79 Å². The first-order chi connectivity index (χ1) is 33.5. The number of ketones is 2. The van der Waals surface area contributed by atoms with Crippen LogP contribution in [0.1, 0.15) is 126 Å². The highest BCUT2D eigenvalue weighted by atomic mass is 16.7. The van der Waals surface area contributed by atoms with E-state index in [0.717, 1.165) is 36.1 Å². The molecule has 1 aliphatic carbocycles. The van der Waals surface area contributed by atoms with Crippen molar-refractivity contribution in [2.24, 2.45) is 29.6 Å². The molecule has 2 N–H and O–H groups in total. The van der Waals surface area contributed by atoms with E-state index >= 15 is 0 Å². The predicted octanol–water partition coefficient (Wildman–Crippen LogP) is 8.48. The summed E-state index contributed by atoms with van der Waals surface area (Å²) in [6.07, 6.45) is 9.10. The second-order valence-electron chi connectivity index (χ2n) is 20.8. The Morgan fingerprint density at radius 1 is 0.943 bits per heavy atom. The van der Waals surface area contributed by atoms with Crippen LogP contribution in [-0.2, 0) is 49.4 Å². The second-order valence-corrected chi connectivity index (χ2v) is 20.8. The summed E-state index contributed by atoms with van der Waals surface area (Å²) in [6.45, 7) is 18.9. The molecule has 14 atom stereocenters. The van der Waals surface area contributed by atoms with Crippen LogP contribution in [-0.4, -0.2) is 125 Å². The minimum Gasteiger partial charge on any atom is -0.488 e. The Morgan fingerprint density at radius 2 is 1.69 bits per heavy atom. The highest BCUT2D eigenvalue weighted by Gasteiger charge is 2.56. The third-order valence-electron chi connectivity index (χ3n) is 15.4. The number of aliphatic hydroxyl groups is 2. The molecule has 0 spiro atoms. The fourth-order valence-electron chi connectivity index (χ4n) is 11.5. The van der Waals surface area contributed by atoms with Crippen molar-refractivity contribution < 1.29 is 57.8 Å². The topological polar surface area (TPSA) is 172 Å². The molecule has 70 heavy (non-hydrogen) atoms. The Morgan fingerprint density at radius 3 is 2.39 bits per heavy atom. The zero-order valence-electron chi connectivity index (χ0n) is 43.3. The van der Waals surface area contributed by atoms with Gasteiger partial charge in [0.25, 0.3) is 11.7 Å². The normalized spacial score (nSPS) is 35.6. The summed E-state index contributed by atoms with van der Waals surface area (Å²) >= 11 is 0. The molecule has 1 amide bonds. The van der Waals surface area contributed by atoms with Crippen LogP contribution in [0.15, 0.2) is 66.4 Å². The van der Waals surface area contributed by atoms with E-state index in [1.54, 1.807) is 19.9 Å². The van der Waals surface area contributed by atoms with Gasteiger partial charge in [-0.2, -0.15) is 0 Å². The van der Waals surface area contributed by atoms with E-state index in [1.807, 2.05) is 32.9 Å². The molecule has 3 aliphatic heterocycles. The Kier molecular flexibility index (Phi) is 19.7. The van der Waals surface area contributed by atoms with Crippen LogP contribution in [0.2, 0.25) is 0 Å². The molecule has 2 bridgehead atoms. The van der Waals surface area contributed by atoms with Crippen molar-refractivity contribution in [3.63, 3.8) is 0 Å². The van der Waals surface area contributed by atoms with Gasteiger partial charge < -0.3 is 48.1 Å². The number of aliphatic hydroxyl groups excluding tert-OH is 1. The number of Topliss-reactive ketones (excluding diaryl/α,β-unsaturated/α-hetero) is 2. The van der Waals surface area contributed by atoms with Crippen LogP contribution < -0.4 is 4.74 Å². The number of ether oxygens (including phenoxy) is 6. The molecule has 14 heteroatoms. The van der Waals surface area contributed by atoms with E-state index in [9.17, 15) is 29.4 Å². The minimum absolute atomic E-state index is 0.00429. The Labute approximate surface area is 416 Å². The summed E-state index contributed by atoms with van der Waals surface area (Å²) in [4.78, 5) is 58.9. The lowest BCUT2D eigenvalue weighted by molar-refractivity contribution is -0.302. The first-order valence-electron chi connectivity index (χ1n) is 26.0. The summed E-state index contributed by atoms with van der Waals surface area (Å²) in [7, 11) is 3.07. The van der Waals surface area contributed by atoms with E-state index in [2.05, 4.69) is 55.5 Å². The van der Waals surface area contributed by atoms with Crippen LogP contribution in [0.4, 0.5) is 0 Å². The Hall–Kier alpha value is -4.18. The zero-order valence-corrected chi connectivity index (χ0v) is 43.3. The standard InChI is InChI=1S/C56H82N2O12/c1-11-16-41-27-34(4)26-35(5)28-49(65-9)52-50(66-10)30-37(7)56(64,70-52)53(61)54(62)58-24-15-14-17-44(58)55(63)69-51(38(8)45(59)33-46(41)60)36(6)29-39-18-21-47(48(31-39)67-13-3)68-42-19-20-43-40(32-42)22-25-57(43)23-12-2/h11,19-20,22,25,27,29,32,35,37-39,41,44-45,47-52,59,64H,1,12-18,21,23-24,26,28,30-31,33H2,2-10H3/b34-27+,36-29?. The van der Waals surface area contributed by atoms with E-state index in [-0.39, 0.29) is 55.6 Å². The molecule has 2 saturated heterocycles. The summed E-state index contributed by atoms with van der Waals surface area (Å²) < 4.78 is 39.8. The minimum atomic E-state index is -2.52. The van der Waals surface area contributed by atoms with Crippen molar-refractivity contribution in [3.05, 3.63) is 66.4 Å². The first-order valence-corrected chi connectivity index (χ1v) is 26.0. The summed E-state index contributed by atoms with van der Waals surface area (Å²) in [5, 5.41) is 25.3. The summed E-state index contributed by atoms with van der Waals surface area (Å²) in [5.74, 6) is -6.95. The molecule has 4 heterocycles. The maximum absolute atomic E-state index is 14.6. The van der Waals surface area contributed by atoms with E-state index < -0.39 is 77.8 Å². The molecule has 6 rings (SSSR count). The van der Waals surface area contributed by atoms with Crippen molar-refractivity contribution in [3.8, 4) is 5.75 Å². The van der Waals surface area contributed by atoms with Crippen LogP contribution in [0.5, 0.6) is 5.75 Å². The second kappa shape index (κ2) is 25.0. The van der Waals surface area contributed by atoms with Gasteiger partial charge >= 0.3 is 5.97 Å². The number of benzene rings is 1. The quantitative estimate of drug-likeness (QED) is 0.118. The number of allylic oxidation sites excluding steroid dienone is 4. The SMILES string of the molecule is C=CCC1/C=C(\C)CC(C)CC(OC)C2OC(O)(C(=O)C(=O)N3CCCCC3C(=O)OC(C(C)=CC3CCC(Oc4ccc5c(ccn5CCC)c4)C(OCC)C3)C(C)C(O)CC1=O)C(C)CC2OC. The number of aromatic nitrogens is 1. The predicted molar refractivity (Wildman–Crippen MR) is 268 cm³/mol. The van der Waals surface area contributed by atoms with Gasteiger partial charge in [0.1, 0.15) is 35.9 Å². The first kappa shape index (κ1) is 55.1. The molecular weight excluding hydrogens is 893 g/mol. The molecule has 2 aromatic rings. The van der Waals surface area contributed by atoms with Crippen LogP contribution >= 0.6 is 0 Å². The average Bonchev–Trinajstić information content (AvgIpc) is 3.74. The zero-order chi connectivity index (χ0) is 50.9. The molecule has 0 radical (unpaired) electrons. The van der Waals surface area contributed by atoms with Gasteiger partial charge in [-0.05, 0) is 133 Å². The highest BCUT2D eigenvalue weighted by Crippen LogP contribution is 2.40. The maximum Gasteiger partial charge on any atom is 0.329 e. The van der Waals surface area contributed by atoms with Crippen molar-refractivity contribution in [1.29, 1.82) is 0 Å². The monoisotopic (exact) mass is 975 g/mol. The van der Waals surface area contributed by atoms with E-state index in [4.69, 9.17) is 28.4 Å². The molecule has 1 aromatic carbocycles. The molecule has 3 fully saturated rings. The number of piperidine rings is 1. The lowest BCUT2D eigenvalue weighted by Gasteiger charge is -2.47. The van der Waals surface area contributed by atoms with Gasteiger partial charge in [-0.1, -0.05) is 51.5 Å². The average molecular weight is 975 g/mol. The van der Waals surface area contributed by atoms with Crippen LogP contribution in [0, 0.1) is 29.6 Å². The van der Waals surface area contributed by atoms with E-state index in [1.165, 1.54) is 24.6 Å². The number of hydrogen-bond acceptors (Lipinski definition) is 12. The van der Waals surface area contributed by atoms with Crippen LogP contribution in [0.3, 0.4) is 0 Å². The number of rotatable bonds is 12. The fourth-order valence-corrected chi connectivity index (χ4v) is 11.5. The molecule has 1 saturated carbocycles. The van der Waals surface area contributed by atoms with E-state index in [0.29, 0.717) is 57.1 Å². The molecule has 1 aromatic heterocycles. The smallest absolute Gasteiger partial charge is 0.329 e. The van der Waals surface area contributed by atoms with Gasteiger partial charge in [0.15, 0.2) is 0 Å². The number of methoxy groups -OCH3 is 2. The number of nitrogens with zero attached hydrogens (tertiary/aromatic N) is 2. The number of aryl methyl sites for hydroxylation is 1. The Balaban J connectivity index is 1.31. The van der Waals surface area contributed by atoms with Crippen molar-refractivity contribution >= 4 is 34.3 Å². The largest absolute Gasteiger partial charge is 0.488 e. The number of carbonyl (C=O) groups is 4. The fraction of sp³-hybridized carbons (Fsp3) is 0.679. The summed E-state index contributed by atoms with van der Waals surface area (Å²) in [6, 6.07) is 7.17. The number of fused-ring (bicyclic) bond motifs is 4. The molecule has 14 nitrogen and oxygen atoms in total. The third kappa shape index (κ3) is 12.9. The number of amides is 1. The van der Waals surface area contributed by atoms with Gasteiger partial charge in [-0.3, -0.25) is 14.4 Å². The van der Waals surface area contributed by atoms with Gasteiger partial charge in [0, 0.05) is 75.2 Å². The molecule has 388 valence electrons. The number of cyclic esters (lactones) is 1. The van der Waals surface area contributed by atoms with Gasteiger partial charge in [0.2, 0.25) is 5.79 Å². The van der Waals surface area contributed by atoms with Crippen LogP contribution in [0.25, 0.3) is 10.9 Å². The molecular formula is C56H82N2O12. The Bertz CT molecular complexity index is 2180. The highest BCUT2D eigenvalue weighted by molar-refractivity contribution is 6.39. The van der Waals surface area contributed by atoms with Gasteiger partial charge in [-0.15, -0.1) is 6.58 Å². The van der Waals surface area contributed by atoms with Crippen molar-refractivity contribution in [2.75, 3.05) is 27.4 Å². The number of hydrogen-bond donors (Lipinski definition) is 2.